The van der Waals surface area contributed by atoms with Gasteiger partial charge in [0.1, 0.15) is 17.3 Å². The number of aromatic amines is 1. The van der Waals surface area contributed by atoms with E-state index in [0.717, 1.165) is 22.4 Å². The molecule has 0 unspecified atom stereocenters. The molecule has 0 fully saturated rings. The Kier molecular flexibility index (Phi) is 4.68. The number of hydrogen-bond donors (Lipinski definition) is 2. The molecule has 0 atom stereocenters. The minimum atomic E-state index is -0.251. The van der Waals surface area contributed by atoms with E-state index in [1.165, 1.54) is 0 Å². The van der Waals surface area contributed by atoms with Gasteiger partial charge in [-0.05, 0) is 36.4 Å². The van der Waals surface area contributed by atoms with Crippen molar-refractivity contribution in [3.05, 3.63) is 72.3 Å². The molecule has 4 rings (SSSR count). The topological polar surface area (TPSA) is 76.2 Å². The highest BCUT2D eigenvalue weighted by molar-refractivity contribution is 6.05. The Bertz CT molecular complexity index is 1100. The number of rotatable bonds is 5. The second kappa shape index (κ2) is 7.44. The van der Waals surface area contributed by atoms with E-state index >= 15 is 0 Å². The number of H-pyrrole nitrogens is 1. The molecule has 28 heavy (non-hydrogen) atoms. The summed E-state index contributed by atoms with van der Waals surface area (Å²) in [5.74, 6) is 1.61. The molecule has 0 aliphatic heterocycles. The Hall–Kier alpha value is -3.80. The number of carbonyl (C=O) groups is 1. The number of ether oxygens (including phenoxy) is 2. The van der Waals surface area contributed by atoms with Gasteiger partial charge in [-0.2, -0.15) is 0 Å². The second-order valence-electron chi connectivity index (χ2n) is 6.24. The van der Waals surface area contributed by atoms with Gasteiger partial charge in [-0.15, -0.1) is 0 Å². The first-order chi connectivity index (χ1) is 13.7. The molecule has 0 saturated carbocycles. The first-order valence-corrected chi connectivity index (χ1v) is 8.76. The van der Waals surface area contributed by atoms with E-state index in [9.17, 15) is 4.79 Å². The quantitative estimate of drug-likeness (QED) is 0.540. The molecule has 0 aliphatic carbocycles. The maximum absolute atomic E-state index is 12.7. The number of para-hydroxylation sites is 2. The standard InChI is InChI=1S/C22H19N3O3/c1-27-17-11-15(12-18(13-17)28-2)22(26)23-16-7-5-6-14(10-16)21-24-19-8-3-4-9-20(19)25-21/h3-13H,1-2H3,(H,23,26)(H,24,25). The second-order valence-corrected chi connectivity index (χ2v) is 6.24. The van der Waals surface area contributed by atoms with Crippen LogP contribution in [0, 0.1) is 0 Å². The van der Waals surface area contributed by atoms with Crippen LogP contribution in [-0.4, -0.2) is 30.1 Å². The zero-order valence-electron chi connectivity index (χ0n) is 15.5. The van der Waals surface area contributed by atoms with E-state index in [2.05, 4.69) is 15.3 Å². The van der Waals surface area contributed by atoms with Gasteiger partial charge in [-0.25, -0.2) is 4.98 Å². The third kappa shape index (κ3) is 3.53. The summed E-state index contributed by atoms with van der Waals surface area (Å²) in [6, 6.07) is 20.4. The van der Waals surface area contributed by atoms with Crippen molar-refractivity contribution in [2.75, 3.05) is 19.5 Å². The van der Waals surface area contributed by atoms with Gasteiger partial charge in [0.05, 0.1) is 25.3 Å². The van der Waals surface area contributed by atoms with E-state index in [1.807, 2.05) is 48.5 Å². The molecular formula is C22H19N3O3. The highest BCUT2D eigenvalue weighted by Crippen LogP contribution is 2.25. The molecule has 140 valence electrons. The number of nitrogens with one attached hydrogen (secondary N) is 2. The van der Waals surface area contributed by atoms with Crippen LogP contribution in [0.3, 0.4) is 0 Å². The summed E-state index contributed by atoms with van der Waals surface area (Å²) in [6.07, 6.45) is 0. The predicted octanol–water partition coefficient (Wildman–Crippen LogP) is 4.50. The fourth-order valence-electron chi connectivity index (χ4n) is 2.98. The van der Waals surface area contributed by atoms with Gasteiger partial charge in [0.15, 0.2) is 0 Å². The molecule has 0 spiro atoms. The number of nitrogens with zero attached hydrogens (tertiary/aromatic N) is 1. The minimum Gasteiger partial charge on any atom is -0.497 e. The Labute approximate surface area is 162 Å². The van der Waals surface area contributed by atoms with Crippen molar-refractivity contribution in [1.82, 2.24) is 9.97 Å². The molecule has 6 heteroatoms. The maximum Gasteiger partial charge on any atom is 0.255 e. The molecule has 0 bridgehead atoms. The number of carbonyl (C=O) groups excluding carboxylic acids is 1. The Morgan fingerprint density at radius 2 is 1.68 bits per heavy atom. The van der Waals surface area contributed by atoms with Crippen LogP contribution in [0.15, 0.2) is 66.7 Å². The number of hydrogen-bond acceptors (Lipinski definition) is 4. The van der Waals surface area contributed by atoms with Crippen LogP contribution in [0.5, 0.6) is 11.5 Å². The van der Waals surface area contributed by atoms with E-state index in [0.29, 0.717) is 22.7 Å². The average molecular weight is 373 g/mol. The van der Waals surface area contributed by atoms with E-state index in [4.69, 9.17) is 9.47 Å². The number of imidazole rings is 1. The Morgan fingerprint density at radius 1 is 0.929 bits per heavy atom. The molecule has 0 aliphatic rings. The van der Waals surface area contributed by atoms with Gasteiger partial charge >= 0.3 is 0 Å². The highest BCUT2D eigenvalue weighted by atomic mass is 16.5. The lowest BCUT2D eigenvalue weighted by atomic mass is 10.1. The molecule has 1 aromatic heterocycles. The molecular weight excluding hydrogens is 354 g/mol. The van der Waals surface area contributed by atoms with Gasteiger partial charge in [0, 0.05) is 22.9 Å². The summed E-state index contributed by atoms with van der Waals surface area (Å²) in [7, 11) is 3.10. The van der Waals surface area contributed by atoms with Crippen LogP contribution < -0.4 is 14.8 Å². The lowest BCUT2D eigenvalue weighted by Crippen LogP contribution is -2.12. The maximum atomic E-state index is 12.7. The van der Waals surface area contributed by atoms with Crippen LogP contribution in [0.1, 0.15) is 10.4 Å². The lowest BCUT2D eigenvalue weighted by Gasteiger charge is -2.10. The van der Waals surface area contributed by atoms with Crippen LogP contribution in [0.4, 0.5) is 5.69 Å². The largest absolute Gasteiger partial charge is 0.497 e. The van der Waals surface area contributed by atoms with E-state index in [1.54, 1.807) is 32.4 Å². The van der Waals surface area contributed by atoms with Crippen LogP contribution >= 0.6 is 0 Å². The molecule has 6 nitrogen and oxygen atoms in total. The lowest BCUT2D eigenvalue weighted by molar-refractivity contribution is 0.102. The smallest absolute Gasteiger partial charge is 0.255 e. The molecule has 0 radical (unpaired) electrons. The fraction of sp³-hybridized carbons (Fsp3) is 0.0909. The molecule has 2 N–H and O–H groups in total. The predicted molar refractivity (Wildman–Crippen MR) is 109 cm³/mol. The zero-order valence-corrected chi connectivity index (χ0v) is 15.5. The van der Waals surface area contributed by atoms with Crippen LogP contribution in [0.2, 0.25) is 0 Å². The number of methoxy groups -OCH3 is 2. The van der Waals surface area contributed by atoms with Gasteiger partial charge in [-0.3, -0.25) is 4.79 Å². The van der Waals surface area contributed by atoms with Crippen LogP contribution in [0.25, 0.3) is 22.4 Å². The molecule has 3 aromatic carbocycles. The van der Waals surface area contributed by atoms with Crippen molar-refractivity contribution in [2.45, 2.75) is 0 Å². The average Bonchev–Trinajstić information content (AvgIpc) is 3.18. The number of anilines is 1. The van der Waals surface area contributed by atoms with E-state index in [-0.39, 0.29) is 5.91 Å². The normalized spacial score (nSPS) is 10.6. The summed E-state index contributed by atoms with van der Waals surface area (Å²) in [6.45, 7) is 0. The van der Waals surface area contributed by atoms with Crippen molar-refractivity contribution in [3.63, 3.8) is 0 Å². The van der Waals surface area contributed by atoms with Crippen molar-refractivity contribution in [1.29, 1.82) is 0 Å². The van der Waals surface area contributed by atoms with E-state index < -0.39 is 0 Å². The summed E-state index contributed by atoms with van der Waals surface area (Å²) in [4.78, 5) is 20.6. The number of benzene rings is 3. The zero-order chi connectivity index (χ0) is 19.5. The summed E-state index contributed by atoms with van der Waals surface area (Å²) in [5.41, 5.74) is 3.87. The molecule has 4 aromatic rings. The van der Waals surface area contributed by atoms with Crippen molar-refractivity contribution in [2.24, 2.45) is 0 Å². The van der Waals surface area contributed by atoms with Crippen LogP contribution in [-0.2, 0) is 0 Å². The molecule has 1 amide bonds. The van der Waals surface area contributed by atoms with Gasteiger partial charge in [0.2, 0.25) is 0 Å². The van der Waals surface area contributed by atoms with Crippen molar-refractivity contribution >= 4 is 22.6 Å². The minimum absolute atomic E-state index is 0.251. The summed E-state index contributed by atoms with van der Waals surface area (Å²) < 4.78 is 10.5. The van der Waals surface area contributed by atoms with Crippen molar-refractivity contribution in [3.8, 4) is 22.9 Å². The van der Waals surface area contributed by atoms with Gasteiger partial charge in [-0.1, -0.05) is 24.3 Å². The van der Waals surface area contributed by atoms with Gasteiger partial charge < -0.3 is 19.8 Å². The summed E-state index contributed by atoms with van der Waals surface area (Å²) >= 11 is 0. The van der Waals surface area contributed by atoms with Crippen molar-refractivity contribution < 1.29 is 14.3 Å². The number of aromatic nitrogens is 2. The first-order valence-electron chi connectivity index (χ1n) is 8.76. The third-order valence-electron chi connectivity index (χ3n) is 4.40. The first kappa shape index (κ1) is 17.6. The Morgan fingerprint density at radius 3 is 2.39 bits per heavy atom. The Balaban J connectivity index is 1.60. The molecule has 0 saturated heterocycles. The molecule has 1 heterocycles. The van der Waals surface area contributed by atoms with Gasteiger partial charge in [0.25, 0.3) is 5.91 Å². The SMILES string of the molecule is COc1cc(OC)cc(C(=O)Nc2cccc(-c3nc4ccccc4[nH]3)c2)c1. The number of amides is 1. The monoisotopic (exact) mass is 373 g/mol. The third-order valence-corrected chi connectivity index (χ3v) is 4.40. The highest BCUT2D eigenvalue weighted by Gasteiger charge is 2.11. The summed E-state index contributed by atoms with van der Waals surface area (Å²) in [5, 5.41) is 2.91. The number of fused-ring (bicyclic) bond motifs is 1. The fourth-order valence-corrected chi connectivity index (χ4v) is 2.98.